The lowest BCUT2D eigenvalue weighted by molar-refractivity contribution is 0.102. The topological polar surface area (TPSA) is 58.1 Å². The number of hydrogen-bond donors (Lipinski definition) is 1. The lowest BCUT2D eigenvalue weighted by atomic mass is 10.1. The van der Waals surface area contributed by atoms with Crippen LogP contribution in [-0.2, 0) is 6.42 Å². The number of hydrogen-bond acceptors (Lipinski definition) is 4. The molecule has 2 aromatic carbocycles. The van der Waals surface area contributed by atoms with E-state index in [4.69, 9.17) is 11.6 Å². The number of fused-ring (bicyclic) bond motifs is 1. The minimum Gasteiger partial charge on any atom is -0.321 e. The first-order valence-electron chi connectivity index (χ1n) is 8.81. The molecular formula is C21H19ClN4O. The Bertz CT molecular complexity index is 1020. The second-order valence-electron chi connectivity index (χ2n) is 6.71. The van der Waals surface area contributed by atoms with Gasteiger partial charge in [-0.3, -0.25) is 4.79 Å². The lowest BCUT2D eigenvalue weighted by Gasteiger charge is -2.23. The monoisotopic (exact) mass is 378 g/mol. The molecule has 1 aliphatic rings. The number of rotatable bonds is 3. The summed E-state index contributed by atoms with van der Waals surface area (Å²) in [4.78, 5) is 23.9. The van der Waals surface area contributed by atoms with Crippen LogP contribution in [0.25, 0.3) is 0 Å². The zero-order valence-electron chi connectivity index (χ0n) is 15.1. The first kappa shape index (κ1) is 17.5. The molecule has 6 heteroatoms. The molecule has 1 N–H and O–H groups in total. The van der Waals surface area contributed by atoms with Crippen LogP contribution >= 0.6 is 11.6 Å². The summed E-state index contributed by atoms with van der Waals surface area (Å²) in [6.07, 6.45) is 0.928. The van der Waals surface area contributed by atoms with Crippen molar-refractivity contribution >= 4 is 34.8 Å². The Kier molecular flexibility index (Phi) is 4.54. The van der Waals surface area contributed by atoms with Gasteiger partial charge in [0.1, 0.15) is 5.69 Å². The van der Waals surface area contributed by atoms with E-state index in [9.17, 15) is 4.79 Å². The number of nitrogens with zero attached hydrogens (tertiary/aromatic N) is 3. The van der Waals surface area contributed by atoms with E-state index in [1.165, 1.54) is 5.56 Å². The van der Waals surface area contributed by atoms with Crippen molar-refractivity contribution in [3.05, 3.63) is 76.6 Å². The third-order valence-electron chi connectivity index (χ3n) is 4.58. The van der Waals surface area contributed by atoms with E-state index in [-0.39, 0.29) is 11.9 Å². The van der Waals surface area contributed by atoms with Crippen LogP contribution < -0.4 is 10.2 Å². The van der Waals surface area contributed by atoms with Crippen molar-refractivity contribution in [1.29, 1.82) is 0 Å². The van der Waals surface area contributed by atoms with Crippen LogP contribution in [0.3, 0.4) is 0 Å². The van der Waals surface area contributed by atoms with Crippen molar-refractivity contribution in [3.63, 3.8) is 0 Å². The van der Waals surface area contributed by atoms with E-state index in [0.717, 1.165) is 17.8 Å². The number of carbonyl (C=O) groups excluding carboxylic acids is 1. The Labute approximate surface area is 163 Å². The van der Waals surface area contributed by atoms with Gasteiger partial charge in [-0.15, -0.1) is 0 Å². The van der Waals surface area contributed by atoms with Crippen molar-refractivity contribution in [2.75, 3.05) is 10.2 Å². The van der Waals surface area contributed by atoms with Crippen molar-refractivity contribution < 1.29 is 4.79 Å². The summed E-state index contributed by atoms with van der Waals surface area (Å²) in [5.74, 6) is 0.257. The maximum absolute atomic E-state index is 12.7. The van der Waals surface area contributed by atoms with Gasteiger partial charge in [0.05, 0.1) is 0 Å². The number of carbonyl (C=O) groups is 1. The van der Waals surface area contributed by atoms with Gasteiger partial charge in [0.2, 0.25) is 5.95 Å². The van der Waals surface area contributed by atoms with Crippen molar-refractivity contribution in [3.8, 4) is 0 Å². The number of anilines is 3. The number of aryl methyl sites for hydroxylation is 1. The quantitative estimate of drug-likeness (QED) is 0.713. The van der Waals surface area contributed by atoms with Crippen LogP contribution in [0.2, 0.25) is 5.02 Å². The van der Waals surface area contributed by atoms with E-state index in [2.05, 4.69) is 39.2 Å². The van der Waals surface area contributed by atoms with Gasteiger partial charge in [-0.1, -0.05) is 35.9 Å². The van der Waals surface area contributed by atoms with Crippen molar-refractivity contribution in [1.82, 2.24) is 9.97 Å². The molecule has 0 spiro atoms. The normalized spacial score (nSPS) is 15.5. The molecule has 5 nitrogen and oxygen atoms in total. The van der Waals surface area contributed by atoms with E-state index in [0.29, 0.717) is 22.4 Å². The van der Waals surface area contributed by atoms with Crippen LogP contribution in [-0.4, -0.2) is 21.9 Å². The Balaban J connectivity index is 1.67. The molecule has 1 aliphatic heterocycles. The lowest BCUT2D eigenvalue weighted by Crippen LogP contribution is -2.27. The highest BCUT2D eigenvalue weighted by molar-refractivity contribution is 6.30. The minimum absolute atomic E-state index is 0.230. The maximum atomic E-state index is 12.7. The standard InChI is InChI=1S/C21H19ClN4O/c1-13-10-18(20(27)24-17-8-5-7-16(22)12-17)25-21(23-13)26-14(2)11-15-6-3-4-9-19(15)26/h3-10,12,14H,11H2,1-2H3,(H,24,27). The molecule has 4 rings (SSSR count). The van der Waals surface area contributed by atoms with Crippen LogP contribution in [0.1, 0.15) is 28.7 Å². The SMILES string of the molecule is Cc1cc(C(=O)Nc2cccc(Cl)c2)nc(N2c3ccccc3CC2C)n1. The molecule has 2 heterocycles. The predicted molar refractivity (Wildman–Crippen MR) is 108 cm³/mol. The predicted octanol–water partition coefficient (Wildman–Crippen LogP) is 4.77. The number of nitrogens with one attached hydrogen (secondary N) is 1. The molecule has 0 radical (unpaired) electrons. The van der Waals surface area contributed by atoms with Gasteiger partial charge in [-0.25, -0.2) is 9.97 Å². The summed E-state index contributed by atoms with van der Waals surface area (Å²) in [5, 5.41) is 3.41. The number of amides is 1. The maximum Gasteiger partial charge on any atom is 0.274 e. The molecule has 0 saturated carbocycles. The fourth-order valence-corrected chi connectivity index (χ4v) is 3.60. The van der Waals surface area contributed by atoms with Crippen molar-refractivity contribution in [2.45, 2.75) is 26.3 Å². The zero-order valence-corrected chi connectivity index (χ0v) is 15.9. The Morgan fingerprint density at radius 1 is 1.15 bits per heavy atom. The summed E-state index contributed by atoms with van der Waals surface area (Å²) in [7, 11) is 0. The first-order valence-corrected chi connectivity index (χ1v) is 9.19. The van der Waals surface area contributed by atoms with Gasteiger partial charge in [0, 0.05) is 28.1 Å². The highest BCUT2D eigenvalue weighted by Crippen LogP contribution is 2.36. The van der Waals surface area contributed by atoms with E-state index in [1.807, 2.05) is 19.1 Å². The van der Waals surface area contributed by atoms with Gasteiger partial charge in [0.25, 0.3) is 5.91 Å². The minimum atomic E-state index is -0.288. The second-order valence-corrected chi connectivity index (χ2v) is 7.15. The van der Waals surface area contributed by atoms with Gasteiger partial charge >= 0.3 is 0 Å². The molecular weight excluding hydrogens is 360 g/mol. The second kappa shape index (κ2) is 7.00. The molecule has 1 unspecified atom stereocenters. The summed E-state index contributed by atoms with van der Waals surface area (Å²) in [5.41, 5.74) is 4.06. The van der Waals surface area contributed by atoms with Gasteiger partial charge in [0.15, 0.2) is 0 Å². The molecule has 0 bridgehead atoms. The summed E-state index contributed by atoms with van der Waals surface area (Å²) >= 11 is 5.99. The number of halogens is 1. The average molecular weight is 379 g/mol. The Hall–Kier alpha value is -2.92. The van der Waals surface area contributed by atoms with Crippen LogP contribution in [0.5, 0.6) is 0 Å². The number of aromatic nitrogens is 2. The smallest absolute Gasteiger partial charge is 0.274 e. The molecule has 0 fully saturated rings. The first-order chi connectivity index (χ1) is 13.0. The molecule has 136 valence electrons. The largest absolute Gasteiger partial charge is 0.321 e. The van der Waals surface area contributed by atoms with Gasteiger partial charge < -0.3 is 10.2 Å². The Morgan fingerprint density at radius 3 is 2.78 bits per heavy atom. The Morgan fingerprint density at radius 2 is 1.96 bits per heavy atom. The van der Waals surface area contributed by atoms with Crippen LogP contribution in [0.4, 0.5) is 17.3 Å². The molecule has 0 saturated heterocycles. The molecule has 27 heavy (non-hydrogen) atoms. The molecule has 1 amide bonds. The highest BCUT2D eigenvalue weighted by atomic mass is 35.5. The summed E-state index contributed by atoms with van der Waals surface area (Å²) < 4.78 is 0. The third-order valence-corrected chi connectivity index (χ3v) is 4.82. The molecule has 1 atom stereocenters. The van der Waals surface area contributed by atoms with Crippen LogP contribution in [0, 0.1) is 6.92 Å². The molecule has 3 aromatic rings. The third kappa shape index (κ3) is 3.51. The van der Waals surface area contributed by atoms with Crippen molar-refractivity contribution in [2.24, 2.45) is 0 Å². The fourth-order valence-electron chi connectivity index (χ4n) is 3.41. The van der Waals surface area contributed by atoms with E-state index < -0.39 is 0 Å². The molecule has 1 aromatic heterocycles. The van der Waals surface area contributed by atoms with Gasteiger partial charge in [-0.05, 0) is 56.2 Å². The van der Waals surface area contributed by atoms with E-state index in [1.54, 1.807) is 30.3 Å². The summed E-state index contributed by atoms with van der Waals surface area (Å²) in [6.45, 7) is 4.01. The number of benzene rings is 2. The fraction of sp³-hybridized carbons (Fsp3) is 0.190. The van der Waals surface area contributed by atoms with Crippen LogP contribution in [0.15, 0.2) is 54.6 Å². The summed E-state index contributed by atoms with van der Waals surface area (Å²) in [6, 6.07) is 17.2. The number of para-hydroxylation sites is 1. The highest BCUT2D eigenvalue weighted by Gasteiger charge is 2.29. The van der Waals surface area contributed by atoms with E-state index >= 15 is 0 Å². The average Bonchev–Trinajstić information content (AvgIpc) is 2.97. The zero-order chi connectivity index (χ0) is 19.0. The molecule has 0 aliphatic carbocycles. The van der Waals surface area contributed by atoms with Gasteiger partial charge in [-0.2, -0.15) is 0 Å².